The minimum atomic E-state index is -0.245. The van der Waals surface area contributed by atoms with Crippen molar-refractivity contribution in [2.75, 3.05) is 7.11 Å². The standard InChI is InChI=1S/C20H20N4O4/c1-28-17-11-13(9-10-16(17)25)12-21-24-19(26)8-4-7-18-22-15-6-3-2-5-14(15)20(27)23-18/h2-3,5-6,9-12,25H,4,7-8H2,1H3,(H,24,26)(H,22,23,27)/b21-12+. The fourth-order valence-corrected chi connectivity index (χ4v) is 2.68. The number of aryl methyl sites for hydroxylation is 1. The summed E-state index contributed by atoms with van der Waals surface area (Å²) in [5.74, 6) is 0.664. The summed E-state index contributed by atoms with van der Waals surface area (Å²) in [4.78, 5) is 31.1. The number of aromatic hydroxyl groups is 1. The van der Waals surface area contributed by atoms with E-state index in [4.69, 9.17) is 4.74 Å². The van der Waals surface area contributed by atoms with Gasteiger partial charge in [-0.3, -0.25) is 9.59 Å². The van der Waals surface area contributed by atoms with E-state index in [9.17, 15) is 14.7 Å². The molecule has 28 heavy (non-hydrogen) atoms. The van der Waals surface area contributed by atoms with Crippen molar-refractivity contribution >= 4 is 23.0 Å². The molecule has 3 rings (SSSR count). The van der Waals surface area contributed by atoms with E-state index in [1.54, 1.807) is 30.3 Å². The predicted molar refractivity (Wildman–Crippen MR) is 106 cm³/mol. The van der Waals surface area contributed by atoms with Gasteiger partial charge >= 0.3 is 0 Å². The Bertz CT molecular complexity index is 1080. The van der Waals surface area contributed by atoms with Crippen LogP contribution in [0.3, 0.4) is 0 Å². The molecule has 1 aromatic heterocycles. The van der Waals surface area contributed by atoms with Crippen molar-refractivity contribution in [3.05, 3.63) is 64.2 Å². The lowest BCUT2D eigenvalue weighted by molar-refractivity contribution is -0.121. The number of aromatic nitrogens is 2. The van der Waals surface area contributed by atoms with E-state index in [1.165, 1.54) is 19.4 Å². The minimum absolute atomic E-state index is 0.0315. The van der Waals surface area contributed by atoms with Crippen LogP contribution in [0.1, 0.15) is 24.2 Å². The number of rotatable bonds is 7. The molecular formula is C20H20N4O4. The lowest BCUT2D eigenvalue weighted by atomic mass is 10.2. The van der Waals surface area contributed by atoms with Crippen molar-refractivity contribution in [1.82, 2.24) is 15.4 Å². The van der Waals surface area contributed by atoms with E-state index < -0.39 is 0 Å². The third-order valence-corrected chi connectivity index (χ3v) is 4.09. The Labute approximate surface area is 160 Å². The molecule has 144 valence electrons. The monoisotopic (exact) mass is 380 g/mol. The summed E-state index contributed by atoms with van der Waals surface area (Å²) < 4.78 is 5.01. The van der Waals surface area contributed by atoms with Gasteiger partial charge in [0, 0.05) is 12.8 Å². The van der Waals surface area contributed by atoms with Crippen molar-refractivity contribution in [2.45, 2.75) is 19.3 Å². The average molecular weight is 380 g/mol. The van der Waals surface area contributed by atoms with Crippen molar-refractivity contribution in [3.8, 4) is 11.5 Å². The third-order valence-electron chi connectivity index (χ3n) is 4.09. The fraction of sp³-hybridized carbons (Fsp3) is 0.200. The SMILES string of the molecule is COc1cc(/C=N/NC(=O)CCCc2nc3ccccc3c(=O)[nH]2)ccc1O. The first-order chi connectivity index (χ1) is 13.6. The number of ether oxygens (including phenoxy) is 1. The number of benzene rings is 2. The van der Waals surface area contributed by atoms with E-state index >= 15 is 0 Å². The summed E-state index contributed by atoms with van der Waals surface area (Å²) in [7, 11) is 1.45. The summed E-state index contributed by atoms with van der Waals surface area (Å²) in [6.45, 7) is 0. The number of nitrogens with one attached hydrogen (secondary N) is 2. The first kappa shape index (κ1) is 19.1. The first-order valence-electron chi connectivity index (χ1n) is 8.73. The van der Waals surface area contributed by atoms with Crippen molar-refractivity contribution in [2.24, 2.45) is 5.10 Å². The maximum absolute atomic E-state index is 12.0. The number of hydrazone groups is 1. The molecule has 0 fully saturated rings. The average Bonchev–Trinajstić information content (AvgIpc) is 2.69. The van der Waals surface area contributed by atoms with Gasteiger partial charge in [-0.25, -0.2) is 10.4 Å². The highest BCUT2D eigenvalue weighted by Gasteiger charge is 2.05. The number of phenols is 1. The number of aromatic amines is 1. The van der Waals surface area contributed by atoms with Crippen molar-refractivity contribution in [3.63, 3.8) is 0 Å². The summed E-state index contributed by atoms with van der Waals surface area (Å²) in [6, 6.07) is 11.9. The smallest absolute Gasteiger partial charge is 0.258 e. The van der Waals surface area contributed by atoms with Crippen molar-refractivity contribution < 1.29 is 14.6 Å². The number of H-pyrrole nitrogens is 1. The zero-order valence-electron chi connectivity index (χ0n) is 15.3. The number of hydrogen-bond acceptors (Lipinski definition) is 6. The van der Waals surface area contributed by atoms with Crippen LogP contribution in [0.2, 0.25) is 0 Å². The number of para-hydroxylation sites is 1. The molecule has 0 bridgehead atoms. The van der Waals surface area contributed by atoms with Crippen LogP contribution in [0.25, 0.3) is 10.9 Å². The molecule has 3 aromatic rings. The second-order valence-electron chi connectivity index (χ2n) is 6.11. The van der Waals surface area contributed by atoms with Crippen LogP contribution < -0.4 is 15.7 Å². The maximum Gasteiger partial charge on any atom is 0.258 e. The van der Waals surface area contributed by atoms with E-state index in [0.717, 1.165) is 0 Å². The highest BCUT2D eigenvalue weighted by Crippen LogP contribution is 2.25. The van der Waals surface area contributed by atoms with Gasteiger partial charge in [0.2, 0.25) is 5.91 Å². The van der Waals surface area contributed by atoms with Gasteiger partial charge in [-0.15, -0.1) is 0 Å². The molecule has 3 N–H and O–H groups in total. The second-order valence-corrected chi connectivity index (χ2v) is 6.11. The van der Waals surface area contributed by atoms with Crippen LogP contribution in [0.4, 0.5) is 0 Å². The van der Waals surface area contributed by atoms with Gasteiger partial charge in [0.25, 0.3) is 5.56 Å². The number of carbonyl (C=O) groups is 1. The van der Waals surface area contributed by atoms with Crippen LogP contribution in [0.5, 0.6) is 11.5 Å². The summed E-state index contributed by atoms with van der Waals surface area (Å²) >= 11 is 0. The molecule has 0 radical (unpaired) electrons. The zero-order chi connectivity index (χ0) is 19.9. The molecule has 8 heteroatoms. The highest BCUT2D eigenvalue weighted by atomic mass is 16.5. The van der Waals surface area contributed by atoms with Gasteiger partial charge in [-0.05, 0) is 42.3 Å². The molecular weight excluding hydrogens is 360 g/mol. The topological polar surface area (TPSA) is 117 Å². The number of amides is 1. The van der Waals surface area contributed by atoms with Crippen LogP contribution in [0, 0.1) is 0 Å². The van der Waals surface area contributed by atoms with E-state index in [0.29, 0.717) is 40.9 Å². The number of fused-ring (bicyclic) bond motifs is 1. The normalized spacial score (nSPS) is 11.0. The second kappa shape index (κ2) is 8.81. The summed E-state index contributed by atoms with van der Waals surface area (Å²) in [6.07, 6.45) is 2.71. The molecule has 0 aliphatic heterocycles. The number of phenolic OH excluding ortho intramolecular Hbond substituents is 1. The van der Waals surface area contributed by atoms with Gasteiger partial charge < -0.3 is 14.8 Å². The van der Waals surface area contributed by atoms with E-state index in [1.807, 2.05) is 6.07 Å². The summed E-state index contributed by atoms with van der Waals surface area (Å²) in [5, 5.41) is 14.0. The Kier molecular flexibility index (Phi) is 6.01. The van der Waals surface area contributed by atoms with Gasteiger partial charge in [0.05, 0.1) is 24.2 Å². The fourth-order valence-electron chi connectivity index (χ4n) is 2.68. The Hall–Kier alpha value is -3.68. The number of nitrogens with zero attached hydrogens (tertiary/aromatic N) is 2. The maximum atomic E-state index is 12.0. The van der Waals surface area contributed by atoms with Crippen molar-refractivity contribution in [1.29, 1.82) is 0 Å². The first-order valence-corrected chi connectivity index (χ1v) is 8.73. The molecule has 0 saturated carbocycles. The van der Waals surface area contributed by atoms with E-state index in [2.05, 4.69) is 20.5 Å². The Morgan fingerprint density at radius 1 is 1.32 bits per heavy atom. The van der Waals surface area contributed by atoms with Gasteiger partial charge in [-0.2, -0.15) is 5.10 Å². The number of hydrogen-bond donors (Lipinski definition) is 3. The van der Waals surface area contributed by atoms with Gasteiger partial charge in [-0.1, -0.05) is 12.1 Å². The van der Waals surface area contributed by atoms with E-state index in [-0.39, 0.29) is 23.6 Å². The predicted octanol–water partition coefficient (Wildman–Crippen LogP) is 2.11. The number of carbonyl (C=O) groups excluding carboxylic acids is 1. The lowest BCUT2D eigenvalue weighted by Gasteiger charge is -2.04. The Morgan fingerprint density at radius 2 is 2.14 bits per heavy atom. The molecule has 0 aliphatic carbocycles. The Balaban J connectivity index is 1.50. The highest BCUT2D eigenvalue weighted by molar-refractivity contribution is 5.83. The molecule has 2 aromatic carbocycles. The number of methoxy groups -OCH3 is 1. The molecule has 1 amide bonds. The minimum Gasteiger partial charge on any atom is -0.504 e. The van der Waals surface area contributed by atoms with Gasteiger partial charge in [0.1, 0.15) is 5.82 Å². The van der Waals surface area contributed by atoms with Crippen LogP contribution in [0.15, 0.2) is 52.4 Å². The van der Waals surface area contributed by atoms with Gasteiger partial charge in [0.15, 0.2) is 11.5 Å². The molecule has 0 saturated heterocycles. The lowest BCUT2D eigenvalue weighted by Crippen LogP contribution is -2.18. The molecule has 0 unspecified atom stereocenters. The molecule has 0 aliphatic rings. The zero-order valence-corrected chi connectivity index (χ0v) is 15.3. The quantitative estimate of drug-likeness (QED) is 0.429. The Morgan fingerprint density at radius 3 is 2.96 bits per heavy atom. The molecule has 1 heterocycles. The molecule has 0 atom stereocenters. The summed E-state index contributed by atoms with van der Waals surface area (Å²) in [5.41, 5.74) is 3.58. The van der Waals surface area contributed by atoms with Crippen LogP contribution in [-0.2, 0) is 11.2 Å². The molecule has 8 nitrogen and oxygen atoms in total. The third kappa shape index (κ3) is 4.73. The van der Waals surface area contributed by atoms with Crippen LogP contribution >= 0.6 is 0 Å². The largest absolute Gasteiger partial charge is 0.504 e. The molecule has 0 spiro atoms. The van der Waals surface area contributed by atoms with Crippen LogP contribution in [-0.4, -0.2) is 34.3 Å².